The van der Waals surface area contributed by atoms with Crippen LogP contribution in [0.3, 0.4) is 0 Å². The van der Waals surface area contributed by atoms with Crippen LogP contribution in [0.2, 0.25) is 5.02 Å². The number of halogens is 4. The summed E-state index contributed by atoms with van der Waals surface area (Å²) in [5.74, 6) is -2.04. The fourth-order valence-electron chi connectivity index (χ4n) is 2.11. The maximum atomic E-state index is 12.3. The minimum absolute atomic E-state index is 0.385. The molecule has 154 valence electrons. The Kier molecular flexibility index (Phi) is 6.99. The third-order valence-electron chi connectivity index (χ3n) is 3.35. The number of nitrogens with zero attached hydrogens (tertiary/aromatic N) is 1. The van der Waals surface area contributed by atoms with Crippen LogP contribution in [-0.4, -0.2) is 36.1 Å². The number of nitro benzene ring substituents is 1. The summed E-state index contributed by atoms with van der Waals surface area (Å²) in [7, 11) is 0. The number of carbonyl (C=O) groups excluding carboxylic acids is 2. The summed E-state index contributed by atoms with van der Waals surface area (Å²) in [4.78, 5) is 34.3. The Hall–Kier alpha value is -3.34. The highest BCUT2D eigenvalue weighted by Gasteiger charge is 2.29. The average molecular weight is 432 g/mol. The summed E-state index contributed by atoms with van der Waals surface area (Å²) < 4.78 is 41.3. The minimum atomic E-state index is -4.62. The monoisotopic (exact) mass is 431 g/mol. The van der Waals surface area contributed by atoms with Crippen LogP contribution in [0.5, 0.6) is 5.75 Å². The van der Waals surface area contributed by atoms with Gasteiger partial charge in [-0.25, -0.2) is 0 Å². The summed E-state index contributed by atoms with van der Waals surface area (Å²) >= 11 is 5.72. The molecule has 0 aliphatic heterocycles. The second kappa shape index (κ2) is 9.24. The lowest BCUT2D eigenvalue weighted by atomic mass is 10.1. The van der Waals surface area contributed by atoms with Gasteiger partial charge in [0.2, 0.25) is 5.91 Å². The van der Waals surface area contributed by atoms with Crippen molar-refractivity contribution >= 4 is 34.8 Å². The van der Waals surface area contributed by atoms with Gasteiger partial charge in [-0.05, 0) is 36.4 Å². The first-order valence-corrected chi connectivity index (χ1v) is 8.24. The van der Waals surface area contributed by atoms with Crippen molar-refractivity contribution < 1.29 is 32.4 Å². The van der Waals surface area contributed by atoms with Crippen molar-refractivity contribution in [2.24, 2.45) is 0 Å². The largest absolute Gasteiger partial charge is 0.484 e. The quantitative estimate of drug-likeness (QED) is 0.514. The Balaban J connectivity index is 2.06. The number of amides is 2. The topological polar surface area (TPSA) is 111 Å². The molecule has 2 aromatic carbocycles. The lowest BCUT2D eigenvalue weighted by Crippen LogP contribution is -2.33. The highest BCUT2D eigenvalue weighted by molar-refractivity contribution is 6.30. The van der Waals surface area contributed by atoms with Crippen LogP contribution in [0.4, 0.5) is 24.5 Å². The van der Waals surface area contributed by atoms with Crippen LogP contribution in [0.15, 0.2) is 42.5 Å². The maximum Gasteiger partial charge on any atom is 0.422 e. The van der Waals surface area contributed by atoms with Crippen LogP contribution in [0.1, 0.15) is 10.4 Å². The summed E-state index contributed by atoms with van der Waals surface area (Å²) in [6, 6.07) is 8.69. The van der Waals surface area contributed by atoms with Gasteiger partial charge in [-0.15, -0.1) is 0 Å². The molecule has 2 amide bonds. The number of nitro groups is 1. The number of hydrogen-bond acceptors (Lipinski definition) is 5. The highest BCUT2D eigenvalue weighted by atomic mass is 35.5. The summed E-state index contributed by atoms with van der Waals surface area (Å²) in [5, 5.41) is 16.2. The average Bonchev–Trinajstić information content (AvgIpc) is 2.65. The molecule has 0 spiro atoms. The summed E-state index contributed by atoms with van der Waals surface area (Å²) in [6.07, 6.45) is -4.62. The van der Waals surface area contributed by atoms with Gasteiger partial charge in [-0.2, -0.15) is 13.2 Å². The van der Waals surface area contributed by atoms with Crippen molar-refractivity contribution in [1.29, 1.82) is 0 Å². The van der Waals surface area contributed by atoms with E-state index in [-0.39, 0.29) is 5.75 Å². The molecule has 2 N–H and O–H groups in total. The molecule has 8 nitrogen and oxygen atoms in total. The Morgan fingerprint density at radius 1 is 1.14 bits per heavy atom. The Bertz CT molecular complexity index is 920. The number of carbonyl (C=O) groups is 2. The first-order valence-electron chi connectivity index (χ1n) is 7.87. The molecule has 0 aliphatic carbocycles. The van der Waals surface area contributed by atoms with Gasteiger partial charge in [0.15, 0.2) is 6.61 Å². The van der Waals surface area contributed by atoms with Crippen molar-refractivity contribution in [1.82, 2.24) is 5.32 Å². The molecular formula is C17H13ClF3N3O5. The van der Waals surface area contributed by atoms with Crippen molar-refractivity contribution in [3.05, 3.63) is 63.2 Å². The standard InChI is InChI=1S/C17H13ClF3N3O5/c18-10-1-3-11(4-2-10)23-15(25)8-22-16(26)13-7-12(29-9-17(19,20)21)5-6-14(13)24(27)28/h1-7H,8-9H2,(H,22,26)(H,23,25). The lowest BCUT2D eigenvalue weighted by molar-refractivity contribution is -0.385. The molecule has 0 heterocycles. The molecule has 0 saturated heterocycles. The van der Waals surface area contributed by atoms with Crippen LogP contribution in [-0.2, 0) is 4.79 Å². The Morgan fingerprint density at radius 2 is 1.79 bits per heavy atom. The predicted molar refractivity (Wildman–Crippen MR) is 97.1 cm³/mol. The van der Waals surface area contributed by atoms with Crippen LogP contribution in [0.25, 0.3) is 0 Å². The van der Waals surface area contributed by atoms with Gasteiger partial charge in [0, 0.05) is 16.8 Å². The zero-order valence-corrected chi connectivity index (χ0v) is 15.2. The molecule has 0 fully saturated rings. The zero-order valence-electron chi connectivity index (χ0n) is 14.5. The molecule has 0 atom stereocenters. The first kappa shape index (κ1) is 22.0. The lowest BCUT2D eigenvalue weighted by Gasteiger charge is -2.11. The molecular weight excluding hydrogens is 419 g/mol. The van der Waals surface area contributed by atoms with Gasteiger partial charge in [0.1, 0.15) is 11.3 Å². The number of nitrogens with one attached hydrogen (secondary N) is 2. The predicted octanol–water partition coefficient (Wildman–Crippen LogP) is 3.56. The van der Waals surface area contributed by atoms with Gasteiger partial charge in [0.25, 0.3) is 11.6 Å². The van der Waals surface area contributed by atoms with Gasteiger partial charge < -0.3 is 15.4 Å². The number of alkyl halides is 3. The number of ether oxygens (including phenoxy) is 1. The molecule has 0 aromatic heterocycles. The SMILES string of the molecule is O=C(CNC(=O)c1cc(OCC(F)(F)F)ccc1[N+](=O)[O-])Nc1ccc(Cl)cc1. The summed E-state index contributed by atoms with van der Waals surface area (Å²) in [5.41, 5.74) is -0.795. The van der Waals surface area contributed by atoms with E-state index in [2.05, 4.69) is 15.4 Å². The Morgan fingerprint density at radius 3 is 2.38 bits per heavy atom. The minimum Gasteiger partial charge on any atom is -0.484 e. The Labute approximate surface area is 166 Å². The van der Waals surface area contributed by atoms with Crippen LogP contribution >= 0.6 is 11.6 Å². The van der Waals surface area contributed by atoms with E-state index in [0.717, 1.165) is 18.2 Å². The second-order valence-corrected chi connectivity index (χ2v) is 6.01. The number of rotatable bonds is 7. The molecule has 0 saturated carbocycles. The third kappa shape index (κ3) is 6.96. The normalized spacial score (nSPS) is 10.9. The molecule has 0 unspecified atom stereocenters. The van der Waals surface area contributed by atoms with Crippen LogP contribution < -0.4 is 15.4 Å². The molecule has 0 bridgehead atoms. The number of anilines is 1. The van der Waals surface area contributed by atoms with Crippen molar-refractivity contribution in [3.63, 3.8) is 0 Å². The van der Waals surface area contributed by atoms with Gasteiger partial charge >= 0.3 is 6.18 Å². The van der Waals surface area contributed by atoms with Gasteiger partial charge in [-0.1, -0.05) is 11.6 Å². The van der Waals surface area contributed by atoms with Gasteiger partial charge in [-0.3, -0.25) is 19.7 Å². The van der Waals surface area contributed by atoms with E-state index in [4.69, 9.17) is 11.6 Å². The second-order valence-electron chi connectivity index (χ2n) is 5.58. The van der Waals surface area contributed by atoms with E-state index in [1.54, 1.807) is 0 Å². The molecule has 2 aromatic rings. The van der Waals surface area contributed by atoms with E-state index in [9.17, 15) is 32.9 Å². The third-order valence-corrected chi connectivity index (χ3v) is 3.60. The fraction of sp³-hybridized carbons (Fsp3) is 0.176. The number of benzene rings is 2. The zero-order chi connectivity index (χ0) is 21.6. The van der Waals surface area contributed by atoms with Crippen LogP contribution in [0, 0.1) is 10.1 Å². The molecule has 12 heteroatoms. The van der Waals surface area contributed by atoms with Crippen molar-refractivity contribution in [2.75, 3.05) is 18.5 Å². The molecule has 29 heavy (non-hydrogen) atoms. The fourth-order valence-corrected chi connectivity index (χ4v) is 2.23. The highest BCUT2D eigenvalue weighted by Crippen LogP contribution is 2.26. The van der Waals surface area contributed by atoms with Gasteiger partial charge in [0.05, 0.1) is 11.5 Å². The smallest absolute Gasteiger partial charge is 0.422 e. The van der Waals surface area contributed by atoms with E-state index in [1.807, 2.05) is 0 Å². The van der Waals surface area contributed by atoms with E-state index >= 15 is 0 Å². The molecule has 0 radical (unpaired) electrons. The molecule has 0 aliphatic rings. The van der Waals surface area contributed by atoms with E-state index < -0.39 is 47.3 Å². The molecule has 2 rings (SSSR count). The maximum absolute atomic E-state index is 12.3. The number of hydrogen-bond donors (Lipinski definition) is 2. The summed E-state index contributed by atoms with van der Waals surface area (Å²) in [6.45, 7) is -2.17. The van der Waals surface area contributed by atoms with E-state index in [0.29, 0.717) is 10.7 Å². The van der Waals surface area contributed by atoms with Crippen molar-refractivity contribution in [2.45, 2.75) is 6.18 Å². The first-order chi connectivity index (χ1) is 13.5. The van der Waals surface area contributed by atoms with Crippen molar-refractivity contribution in [3.8, 4) is 5.75 Å². The van der Waals surface area contributed by atoms with E-state index in [1.165, 1.54) is 24.3 Å².